The van der Waals surface area contributed by atoms with E-state index in [0.29, 0.717) is 18.1 Å². The molecular weight excluding hydrogens is 220 g/mol. The molecule has 90 valence electrons. The van der Waals surface area contributed by atoms with Crippen LogP contribution in [-0.4, -0.2) is 21.2 Å². The molecule has 1 fully saturated rings. The molecular formula is C12H14N2O3. The highest BCUT2D eigenvalue weighted by Gasteiger charge is 2.51. The first-order valence-corrected chi connectivity index (χ1v) is 5.94. The smallest absolute Gasteiger partial charge is 0.307 e. The molecule has 0 saturated heterocycles. The zero-order valence-electron chi connectivity index (χ0n) is 9.54. The molecule has 1 aromatic rings. The molecule has 1 heterocycles. The Morgan fingerprint density at radius 1 is 1.53 bits per heavy atom. The van der Waals surface area contributed by atoms with Gasteiger partial charge in [-0.05, 0) is 18.3 Å². The summed E-state index contributed by atoms with van der Waals surface area (Å²) in [5.41, 5.74) is 0. The van der Waals surface area contributed by atoms with Crippen LogP contribution in [0.3, 0.4) is 0 Å². The SMILES string of the molecule is CCc1noc([C@@H]2[C@H](C(=O)O)[C@H]3C=C[C@H]2C3)n1. The van der Waals surface area contributed by atoms with Crippen LogP contribution in [0.4, 0.5) is 0 Å². The minimum Gasteiger partial charge on any atom is -0.481 e. The number of rotatable bonds is 3. The summed E-state index contributed by atoms with van der Waals surface area (Å²) >= 11 is 0. The van der Waals surface area contributed by atoms with Gasteiger partial charge in [-0.1, -0.05) is 24.2 Å². The second kappa shape index (κ2) is 3.68. The summed E-state index contributed by atoms with van der Waals surface area (Å²) in [6, 6.07) is 0. The highest BCUT2D eigenvalue weighted by Crippen LogP contribution is 2.52. The van der Waals surface area contributed by atoms with Gasteiger partial charge in [-0.2, -0.15) is 4.98 Å². The first kappa shape index (κ1) is 10.5. The Hall–Kier alpha value is -1.65. The highest BCUT2D eigenvalue weighted by atomic mass is 16.5. The fourth-order valence-corrected chi connectivity index (χ4v) is 3.04. The Morgan fingerprint density at radius 3 is 2.94 bits per heavy atom. The van der Waals surface area contributed by atoms with Crippen molar-refractivity contribution in [3.63, 3.8) is 0 Å². The number of hydrogen-bond acceptors (Lipinski definition) is 4. The summed E-state index contributed by atoms with van der Waals surface area (Å²) < 4.78 is 5.21. The fourth-order valence-electron chi connectivity index (χ4n) is 3.04. The third-order valence-electron chi connectivity index (χ3n) is 3.83. The van der Waals surface area contributed by atoms with Crippen molar-refractivity contribution in [1.29, 1.82) is 0 Å². The maximum atomic E-state index is 11.3. The standard InChI is InChI=1S/C12H14N2O3/c1-2-8-13-11(17-14-8)9-6-3-4-7(5-6)10(9)12(15)16/h3-4,6-7,9-10H,2,5H2,1H3,(H,15,16)/t6-,7-,9-,10+/m0/s1. The molecule has 4 atom stereocenters. The monoisotopic (exact) mass is 234 g/mol. The van der Waals surface area contributed by atoms with E-state index >= 15 is 0 Å². The zero-order valence-corrected chi connectivity index (χ0v) is 9.54. The van der Waals surface area contributed by atoms with Crippen LogP contribution >= 0.6 is 0 Å². The van der Waals surface area contributed by atoms with Gasteiger partial charge in [0.2, 0.25) is 5.89 Å². The van der Waals surface area contributed by atoms with Gasteiger partial charge in [-0.3, -0.25) is 4.79 Å². The lowest BCUT2D eigenvalue weighted by Gasteiger charge is -2.20. The van der Waals surface area contributed by atoms with Gasteiger partial charge in [0.15, 0.2) is 5.82 Å². The molecule has 1 aromatic heterocycles. The average Bonchev–Trinajstić information content (AvgIpc) is 3.02. The first-order valence-electron chi connectivity index (χ1n) is 5.94. The van der Waals surface area contributed by atoms with Crippen molar-refractivity contribution < 1.29 is 14.4 Å². The van der Waals surface area contributed by atoms with Crippen LogP contribution < -0.4 is 0 Å². The zero-order chi connectivity index (χ0) is 12.0. The Morgan fingerprint density at radius 2 is 2.29 bits per heavy atom. The minimum absolute atomic E-state index is 0.125. The summed E-state index contributed by atoms with van der Waals surface area (Å²) in [7, 11) is 0. The Kier molecular flexibility index (Phi) is 2.28. The second-order valence-corrected chi connectivity index (χ2v) is 4.74. The molecule has 3 rings (SSSR count). The predicted octanol–water partition coefficient (Wildman–Crippen LogP) is 1.62. The van der Waals surface area contributed by atoms with Gasteiger partial charge in [0.1, 0.15) is 0 Å². The quantitative estimate of drug-likeness (QED) is 0.804. The van der Waals surface area contributed by atoms with E-state index < -0.39 is 11.9 Å². The predicted molar refractivity (Wildman–Crippen MR) is 58.3 cm³/mol. The number of aliphatic carboxylic acids is 1. The van der Waals surface area contributed by atoms with Crippen molar-refractivity contribution in [3.8, 4) is 0 Å². The third kappa shape index (κ3) is 1.49. The van der Waals surface area contributed by atoms with Crippen molar-refractivity contribution in [2.45, 2.75) is 25.7 Å². The molecule has 2 aliphatic carbocycles. The van der Waals surface area contributed by atoms with Gasteiger partial charge in [-0.15, -0.1) is 0 Å². The van der Waals surface area contributed by atoms with Crippen LogP contribution in [0.1, 0.15) is 31.0 Å². The Labute approximate surface area is 98.5 Å². The number of aryl methyl sites for hydroxylation is 1. The van der Waals surface area contributed by atoms with Crippen LogP contribution in [-0.2, 0) is 11.2 Å². The lowest BCUT2D eigenvalue weighted by atomic mass is 9.83. The van der Waals surface area contributed by atoms with E-state index in [1.165, 1.54) is 0 Å². The summed E-state index contributed by atoms with van der Waals surface area (Å²) in [6.07, 6.45) is 5.70. The number of nitrogens with zero attached hydrogens (tertiary/aromatic N) is 2. The number of carboxylic acid groups (broad SMARTS) is 1. The van der Waals surface area contributed by atoms with Gasteiger partial charge in [0.05, 0.1) is 11.8 Å². The lowest BCUT2D eigenvalue weighted by Crippen LogP contribution is -2.26. The molecule has 2 bridgehead atoms. The number of carboxylic acids is 1. The average molecular weight is 234 g/mol. The maximum absolute atomic E-state index is 11.3. The van der Waals surface area contributed by atoms with Gasteiger partial charge in [-0.25, -0.2) is 0 Å². The van der Waals surface area contributed by atoms with E-state index in [4.69, 9.17) is 4.52 Å². The summed E-state index contributed by atoms with van der Waals surface area (Å²) in [4.78, 5) is 15.6. The van der Waals surface area contributed by atoms with E-state index in [2.05, 4.69) is 16.2 Å². The number of aromatic nitrogens is 2. The molecule has 5 nitrogen and oxygen atoms in total. The van der Waals surface area contributed by atoms with Crippen molar-refractivity contribution in [3.05, 3.63) is 23.9 Å². The van der Waals surface area contributed by atoms with Crippen molar-refractivity contribution in [2.75, 3.05) is 0 Å². The van der Waals surface area contributed by atoms with Gasteiger partial charge < -0.3 is 9.63 Å². The van der Waals surface area contributed by atoms with Gasteiger partial charge in [0, 0.05) is 6.42 Å². The van der Waals surface area contributed by atoms with Crippen LogP contribution in [0.2, 0.25) is 0 Å². The summed E-state index contributed by atoms with van der Waals surface area (Å²) in [5.74, 6) is 0.196. The molecule has 5 heteroatoms. The molecule has 0 amide bonds. The number of hydrogen-bond donors (Lipinski definition) is 1. The molecule has 1 saturated carbocycles. The lowest BCUT2D eigenvalue weighted by molar-refractivity contribution is -0.143. The van der Waals surface area contributed by atoms with Gasteiger partial charge >= 0.3 is 5.97 Å². The van der Waals surface area contributed by atoms with Gasteiger partial charge in [0.25, 0.3) is 0 Å². The normalized spacial score (nSPS) is 34.4. The molecule has 0 aromatic carbocycles. The van der Waals surface area contributed by atoms with E-state index in [0.717, 1.165) is 6.42 Å². The highest BCUT2D eigenvalue weighted by molar-refractivity contribution is 5.73. The largest absolute Gasteiger partial charge is 0.481 e. The molecule has 2 aliphatic rings. The van der Waals surface area contributed by atoms with Crippen LogP contribution in [0, 0.1) is 17.8 Å². The Balaban J connectivity index is 1.95. The molecule has 1 N–H and O–H groups in total. The molecule has 0 spiro atoms. The van der Waals surface area contributed by atoms with Crippen molar-refractivity contribution in [1.82, 2.24) is 10.1 Å². The summed E-state index contributed by atoms with van der Waals surface area (Å²) in [5, 5.41) is 13.2. The number of carbonyl (C=O) groups is 1. The topological polar surface area (TPSA) is 76.2 Å². The molecule has 17 heavy (non-hydrogen) atoms. The Bertz CT molecular complexity index is 480. The first-order chi connectivity index (χ1) is 8.20. The van der Waals surface area contributed by atoms with Crippen molar-refractivity contribution >= 4 is 5.97 Å². The molecule has 0 unspecified atom stereocenters. The van der Waals surface area contributed by atoms with E-state index in [-0.39, 0.29) is 17.8 Å². The molecule has 0 radical (unpaired) electrons. The fraction of sp³-hybridized carbons (Fsp3) is 0.583. The van der Waals surface area contributed by atoms with E-state index in [9.17, 15) is 9.90 Å². The van der Waals surface area contributed by atoms with Crippen LogP contribution in [0.25, 0.3) is 0 Å². The minimum atomic E-state index is -0.761. The van der Waals surface area contributed by atoms with E-state index in [1.807, 2.05) is 13.0 Å². The van der Waals surface area contributed by atoms with Crippen molar-refractivity contribution in [2.24, 2.45) is 17.8 Å². The number of allylic oxidation sites excluding steroid dienone is 2. The second-order valence-electron chi connectivity index (χ2n) is 4.74. The van der Waals surface area contributed by atoms with Crippen LogP contribution in [0.5, 0.6) is 0 Å². The third-order valence-corrected chi connectivity index (χ3v) is 3.83. The molecule has 0 aliphatic heterocycles. The maximum Gasteiger partial charge on any atom is 0.307 e. The summed E-state index contributed by atoms with van der Waals surface area (Å²) in [6.45, 7) is 1.95. The van der Waals surface area contributed by atoms with Crippen LogP contribution in [0.15, 0.2) is 16.7 Å². The van der Waals surface area contributed by atoms with E-state index in [1.54, 1.807) is 0 Å². The number of fused-ring (bicyclic) bond motifs is 2.